The minimum absolute atomic E-state index is 0.371. The molecule has 2 atom stereocenters. The number of rotatable bonds is 8. The lowest BCUT2D eigenvalue weighted by atomic mass is 10.2. The Morgan fingerprint density at radius 1 is 0.963 bits per heavy atom. The highest BCUT2D eigenvalue weighted by Crippen LogP contribution is 2.12. The molecule has 2 aromatic carbocycles. The molecule has 0 aliphatic rings. The molecule has 0 aliphatic carbocycles. The molecule has 1 N–H and O–H groups in total. The highest BCUT2D eigenvalue weighted by atomic mass is 28.3. The predicted molar refractivity (Wildman–Crippen MR) is 110 cm³/mol. The molecule has 0 saturated carbocycles. The van der Waals surface area contributed by atoms with E-state index in [1.165, 1.54) is 17.5 Å². The Labute approximate surface area is 163 Å². The van der Waals surface area contributed by atoms with E-state index in [1.54, 1.807) is 0 Å². The second-order valence-corrected chi connectivity index (χ2v) is 9.95. The van der Waals surface area contributed by atoms with Crippen molar-refractivity contribution in [3.05, 3.63) is 60.7 Å². The maximum atomic E-state index is 12.5. The second-order valence-electron chi connectivity index (χ2n) is 7.42. The van der Waals surface area contributed by atoms with Crippen molar-refractivity contribution in [3.8, 4) is 0 Å². The van der Waals surface area contributed by atoms with Gasteiger partial charge in [-0.15, -0.1) is 0 Å². The van der Waals surface area contributed by atoms with Crippen molar-refractivity contribution in [2.75, 3.05) is 7.11 Å². The smallest absolute Gasteiger partial charge is 0.325 e. The van der Waals surface area contributed by atoms with E-state index >= 15 is 0 Å². The van der Waals surface area contributed by atoms with E-state index in [0.717, 1.165) is 0 Å². The summed E-state index contributed by atoms with van der Waals surface area (Å²) in [4.78, 5) is 27.0. The first kappa shape index (κ1) is 21.3. The van der Waals surface area contributed by atoms with Crippen LogP contribution in [-0.4, -0.2) is 39.8 Å². The Bertz CT molecular complexity index is 664. The summed E-state index contributed by atoms with van der Waals surface area (Å²) in [6.07, 6.45) is -0.515. The summed E-state index contributed by atoms with van der Waals surface area (Å²) in [5, 5.41) is 2.36. The maximum absolute atomic E-state index is 12.5. The molecule has 5 nitrogen and oxygen atoms in total. The molecule has 0 saturated heterocycles. The SMILES string of the molecule is COC(=O)[C@@H](N[SiH](c1ccccc1)c1ccccc1)C(C)OOC(C)(C)C. The highest BCUT2D eigenvalue weighted by Gasteiger charge is 2.32. The first-order valence-corrected chi connectivity index (χ1v) is 10.8. The van der Waals surface area contributed by atoms with Crippen LogP contribution in [0.4, 0.5) is 0 Å². The Morgan fingerprint density at radius 3 is 1.85 bits per heavy atom. The Kier molecular flexibility index (Phi) is 7.74. The molecular formula is C21H29NO4Si. The molecule has 2 aromatic rings. The molecule has 0 spiro atoms. The lowest BCUT2D eigenvalue weighted by Gasteiger charge is -2.29. The van der Waals surface area contributed by atoms with Crippen LogP contribution in [0.25, 0.3) is 0 Å². The number of nitrogens with one attached hydrogen (secondary N) is 1. The van der Waals surface area contributed by atoms with Crippen LogP contribution in [-0.2, 0) is 19.3 Å². The largest absolute Gasteiger partial charge is 0.468 e. The summed E-state index contributed by atoms with van der Waals surface area (Å²) >= 11 is 0. The van der Waals surface area contributed by atoms with Crippen molar-refractivity contribution in [2.45, 2.75) is 45.4 Å². The van der Waals surface area contributed by atoms with Gasteiger partial charge in [-0.1, -0.05) is 60.7 Å². The van der Waals surface area contributed by atoms with Crippen LogP contribution in [0.2, 0.25) is 0 Å². The van der Waals surface area contributed by atoms with Gasteiger partial charge in [0.2, 0.25) is 0 Å². The van der Waals surface area contributed by atoms with Gasteiger partial charge in [-0.05, 0) is 38.1 Å². The van der Waals surface area contributed by atoms with Gasteiger partial charge in [0.25, 0.3) is 0 Å². The minimum atomic E-state index is -1.89. The van der Waals surface area contributed by atoms with Gasteiger partial charge in [0.05, 0.1) is 12.7 Å². The van der Waals surface area contributed by atoms with E-state index in [0.29, 0.717) is 0 Å². The lowest BCUT2D eigenvalue weighted by Crippen LogP contribution is -2.62. The summed E-state index contributed by atoms with van der Waals surface area (Å²) in [6, 6.07) is 19.7. The Hall–Kier alpha value is -1.99. The molecule has 0 heterocycles. The second kappa shape index (κ2) is 9.80. The number of benzene rings is 2. The Morgan fingerprint density at radius 2 is 1.44 bits per heavy atom. The fraction of sp³-hybridized carbons (Fsp3) is 0.381. The molecule has 0 fully saturated rings. The highest BCUT2D eigenvalue weighted by molar-refractivity contribution is 6.83. The summed E-state index contributed by atoms with van der Waals surface area (Å²) in [5.74, 6) is -0.371. The number of hydrogen-bond donors (Lipinski definition) is 1. The number of carbonyl (C=O) groups is 1. The van der Waals surface area contributed by atoms with Crippen molar-refractivity contribution >= 4 is 25.3 Å². The summed E-state index contributed by atoms with van der Waals surface area (Å²) in [7, 11) is -0.503. The molecule has 6 heteroatoms. The average Bonchev–Trinajstić information content (AvgIpc) is 2.67. The summed E-state index contributed by atoms with van der Waals surface area (Å²) in [5.41, 5.74) is -0.468. The molecule has 0 bridgehead atoms. The van der Waals surface area contributed by atoms with Gasteiger partial charge >= 0.3 is 5.97 Å². The third-order valence-electron chi connectivity index (χ3n) is 3.99. The van der Waals surface area contributed by atoms with Gasteiger partial charge in [-0.2, -0.15) is 0 Å². The lowest BCUT2D eigenvalue weighted by molar-refractivity contribution is -0.372. The van der Waals surface area contributed by atoms with E-state index in [2.05, 4.69) is 29.2 Å². The number of methoxy groups -OCH3 is 1. The number of hydrogen-bond acceptors (Lipinski definition) is 5. The fourth-order valence-electron chi connectivity index (χ4n) is 2.65. The zero-order valence-corrected chi connectivity index (χ0v) is 17.8. The van der Waals surface area contributed by atoms with Crippen molar-refractivity contribution in [1.82, 2.24) is 4.98 Å². The molecule has 2 rings (SSSR count). The van der Waals surface area contributed by atoms with E-state index < -0.39 is 26.7 Å². The van der Waals surface area contributed by atoms with Gasteiger partial charge < -0.3 is 9.72 Å². The molecular weight excluding hydrogens is 358 g/mol. The monoisotopic (exact) mass is 387 g/mol. The van der Waals surface area contributed by atoms with Gasteiger partial charge in [0.15, 0.2) is 8.96 Å². The maximum Gasteiger partial charge on any atom is 0.325 e. The van der Waals surface area contributed by atoms with Crippen LogP contribution in [0.1, 0.15) is 27.7 Å². The normalized spacial score (nSPS) is 14.0. The first-order chi connectivity index (χ1) is 12.8. The van der Waals surface area contributed by atoms with Crippen LogP contribution >= 0.6 is 0 Å². The molecule has 146 valence electrons. The zero-order chi connectivity index (χ0) is 19.9. The average molecular weight is 388 g/mol. The van der Waals surface area contributed by atoms with Crippen LogP contribution < -0.4 is 15.4 Å². The van der Waals surface area contributed by atoms with Crippen molar-refractivity contribution in [2.24, 2.45) is 0 Å². The van der Waals surface area contributed by atoms with E-state index in [4.69, 9.17) is 14.5 Å². The number of esters is 1. The topological polar surface area (TPSA) is 56.8 Å². The van der Waals surface area contributed by atoms with Crippen molar-refractivity contribution in [3.63, 3.8) is 0 Å². The number of ether oxygens (including phenoxy) is 1. The molecule has 0 aliphatic heterocycles. The van der Waals surface area contributed by atoms with Crippen LogP contribution in [0.3, 0.4) is 0 Å². The molecule has 0 amide bonds. The van der Waals surface area contributed by atoms with Gasteiger partial charge in [0, 0.05) is 0 Å². The van der Waals surface area contributed by atoms with Crippen LogP contribution in [0, 0.1) is 0 Å². The Balaban J connectivity index is 2.28. The quantitative estimate of drug-likeness (QED) is 0.324. The fourth-order valence-corrected chi connectivity index (χ4v) is 5.40. The van der Waals surface area contributed by atoms with E-state index in [9.17, 15) is 4.79 Å². The van der Waals surface area contributed by atoms with Crippen LogP contribution in [0.5, 0.6) is 0 Å². The minimum Gasteiger partial charge on any atom is -0.468 e. The van der Waals surface area contributed by atoms with Crippen molar-refractivity contribution < 1.29 is 19.3 Å². The third-order valence-corrected chi connectivity index (χ3v) is 6.78. The summed E-state index contributed by atoms with van der Waals surface area (Å²) < 4.78 is 5.02. The molecule has 1 unspecified atom stereocenters. The molecule has 0 radical (unpaired) electrons. The van der Waals surface area contributed by atoms with Crippen molar-refractivity contribution in [1.29, 1.82) is 0 Å². The standard InChI is InChI=1S/C21H29NO4Si/c1-16(25-26-21(2,3)4)19(20(23)24-5)22-27(17-12-8-6-9-13-17)18-14-10-7-11-15-18/h6-16,19,22,27H,1-5H3/t16?,19-/m0/s1. The summed E-state index contributed by atoms with van der Waals surface area (Å²) in [6.45, 7) is 7.49. The molecule has 0 aromatic heterocycles. The van der Waals surface area contributed by atoms with Gasteiger partial charge in [0.1, 0.15) is 12.1 Å². The van der Waals surface area contributed by atoms with Crippen LogP contribution in [0.15, 0.2) is 60.7 Å². The van der Waals surface area contributed by atoms with Gasteiger partial charge in [-0.3, -0.25) is 4.79 Å². The molecule has 27 heavy (non-hydrogen) atoms. The van der Waals surface area contributed by atoms with E-state index in [1.807, 2.05) is 64.1 Å². The number of carbonyl (C=O) groups excluding carboxylic acids is 1. The van der Waals surface area contributed by atoms with Gasteiger partial charge in [-0.25, -0.2) is 9.78 Å². The predicted octanol–water partition coefficient (Wildman–Crippen LogP) is 1.79. The first-order valence-electron chi connectivity index (χ1n) is 9.10. The van der Waals surface area contributed by atoms with E-state index in [-0.39, 0.29) is 5.97 Å². The third kappa shape index (κ3) is 6.59. The zero-order valence-electron chi connectivity index (χ0n) is 16.6.